The van der Waals surface area contributed by atoms with Crippen molar-refractivity contribution in [1.29, 1.82) is 0 Å². The van der Waals surface area contributed by atoms with Gasteiger partial charge < -0.3 is 0 Å². The SMILES string of the molecule is Cc1cccc(-c2nc(-c3cc4ccccc4c4ccccc34)nc(-c3cc4ccccc4c4ccccc34)n2)c1. The maximum atomic E-state index is 5.21. The molecule has 0 saturated heterocycles. The first-order valence-corrected chi connectivity index (χ1v) is 13.9. The first kappa shape index (κ1) is 23.5. The van der Waals surface area contributed by atoms with Crippen LogP contribution in [-0.4, -0.2) is 15.0 Å². The van der Waals surface area contributed by atoms with Gasteiger partial charge in [0.25, 0.3) is 0 Å². The van der Waals surface area contributed by atoms with Crippen LogP contribution in [0.3, 0.4) is 0 Å². The fourth-order valence-corrected chi connectivity index (χ4v) is 6.01. The van der Waals surface area contributed by atoms with Crippen molar-refractivity contribution < 1.29 is 0 Å². The summed E-state index contributed by atoms with van der Waals surface area (Å²) in [6.07, 6.45) is 0. The molecule has 0 unspecified atom stereocenters. The van der Waals surface area contributed by atoms with Crippen LogP contribution in [0.2, 0.25) is 0 Å². The minimum atomic E-state index is 0.670. The summed E-state index contributed by atoms with van der Waals surface area (Å²) in [7, 11) is 0. The van der Waals surface area contributed by atoms with Gasteiger partial charge in [-0.15, -0.1) is 0 Å². The summed E-state index contributed by atoms with van der Waals surface area (Å²) in [5, 5.41) is 9.41. The van der Waals surface area contributed by atoms with Crippen molar-refractivity contribution in [3.63, 3.8) is 0 Å². The first-order chi connectivity index (χ1) is 20.2. The van der Waals surface area contributed by atoms with Crippen molar-refractivity contribution in [3.05, 3.63) is 139 Å². The number of hydrogen-bond acceptors (Lipinski definition) is 3. The zero-order valence-corrected chi connectivity index (χ0v) is 22.5. The molecule has 0 amide bonds. The van der Waals surface area contributed by atoms with Gasteiger partial charge in [0.1, 0.15) is 0 Å². The highest BCUT2D eigenvalue weighted by molar-refractivity contribution is 6.14. The monoisotopic (exact) mass is 523 g/mol. The van der Waals surface area contributed by atoms with Gasteiger partial charge in [0.15, 0.2) is 17.5 Å². The number of rotatable bonds is 3. The third-order valence-electron chi connectivity index (χ3n) is 7.93. The summed E-state index contributed by atoms with van der Waals surface area (Å²) < 4.78 is 0. The zero-order valence-electron chi connectivity index (χ0n) is 22.5. The summed E-state index contributed by atoms with van der Waals surface area (Å²) >= 11 is 0. The lowest BCUT2D eigenvalue weighted by atomic mass is 9.96. The minimum Gasteiger partial charge on any atom is -0.208 e. The predicted molar refractivity (Wildman–Crippen MR) is 171 cm³/mol. The highest BCUT2D eigenvalue weighted by atomic mass is 15.0. The Kier molecular flexibility index (Phi) is 5.36. The summed E-state index contributed by atoms with van der Waals surface area (Å²) in [6, 6.07) is 46.9. The van der Waals surface area contributed by atoms with E-state index in [1.54, 1.807) is 0 Å². The number of fused-ring (bicyclic) bond motifs is 6. The maximum Gasteiger partial charge on any atom is 0.164 e. The molecule has 0 aliphatic carbocycles. The van der Waals surface area contributed by atoms with Crippen LogP contribution in [0.4, 0.5) is 0 Å². The molecule has 41 heavy (non-hydrogen) atoms. The Labute approximate surface area is 237 Å². The second-order valence-electron chi connectivity index (χ2n) is 10.6. The predicted octanol–water partition coefficient (Wildman–Crippen LogP) is 9.79. The van der Waals surface area contributed by atoms with Crippen LogP contribution in [0.5, 0.6) is 0 Å². The van der Waals surface area contributed by atoms with Crippen LogP contribution in [0.1, 0.15) is 5.56 Å². The van der Waals surface area contributed by atoms with Gasteiger partial charge in [0.2, 0.25) is 0 Å². The third kappa shape index (κ3) is 3.94. The maximum absolute atomic E-state index is 5.21. The van der Waals surface area contributed by atoms with Gasteiger partial charge >= 0.3 is 0 Å². The highest BCUT2D eigenvalue weighted by Crippen LogP contribution is 2.37. The van der Waals surface area contributed by atoms with Crippen molar-refractivity contribution >= 4 is 43.1 Å². The van der Waals surface area contributed by atoms with E-state index in [4.69, 9.17) is 15.0 Å². The summed E-state index contributed by atoms with van der Waals surface area (Å²) in [5.74, 6) is 2.01. The molecule has 192 valence electrons. The van der Waals surface area contributed by atoms with E-state index in [0.717, 1.165) is 38.2 Å². The largest absolute Gasteiger partial charge is 0.208 e. The molecular formula is C38H25N3. The van der Waals surface area contributed by atoms with Crippen molar-refractivity contribution in [2.24, 2.45) is 0 Å². The number of aromatic nitrogens is 3. The summed E-state index contributed by atoms with van der Waals surface area (Å²) in [4.78, 5) is 15.4. The molecule has 1 aromatic heterocycles. The normalized spacial score (nSPS) is 11.5. The quantitative estimate of drug-likeness (QED) is 0.216. The molecule has 0 atom stereocenters. The van der Waals surface area contributed by atoms with Gasteiger partial charge in [-0.1, -0.05) is 121 Å². The summed E-state index contributed by atoms with van der Waals surface area (Å²) in [6.45, 7) is 2.10. The van der Waals surface area contributed by atoms with Gasteiger partial charge in [-0.05, 0) is 68.2 Å². The van der Waals surface area contributed by atoms with Gasteiger partial charge in [0, 0.05) is 16.7 Å². The molecule has 8 rings (SSSR count). The fourth-order valence-electron chi connectivity index (χ4n) is 6.01. The average Bonchev–Trinajstić information content (AvgIpc) is 3.04. The van der Waals surface area contributed by atoms with Crippen LogP contribution in [0.15, 0.2) is 133 Å². The Morgan fingerprint density at radius 3 is 1.32 bits per heavy atom. The van der Waals surface area contributed by atoms with E-state index in [1.165, 1.54) is 27.1 Å². The average molecular weight is 524 g/mol. The molecule has 0 saturated carbocycles. The van der Waals surface area contributed by atoms with Crippen molar-refractivity contribution in [1.82, 2.24) is 15.0 Å². The van der Waals surface area contributed by atoms with Crippen LogP contribution >= 0.6 is 0 Å². The van der Waals surface area contributed by atoms with E-state index in [-0.39, 0.29) is 0 Å². The first-order valence-electron chi connectivity index (χ1n) is 13.9. The van der Waals surface area contributed by atoms with Crippen molar-refractivity contribution in [2.75, 3.05) is 0 Å². The Balaban J connectivity index is 1.48. The van der Waals surface area contributed by atoms with E-state index in [2.05, 4.69) is 140 Å². The molecule has 1 heterocycles. The Bertz CT molecular complexity index is 2150. The highest BCUT2D eigenvalue weighted by Gasteiger charge is 2.18. The number of benzene rings is 7. The lowest BCUT2D eigenvalue weighted by molar-refractivity contribution is 1.08. The second-order valence-corrected chi connectivity index (χ2v) is 10.6. The molecule has 8 aromatic rings. The zero-order chi connectivity index (χ0) is 27.3. The van der Waals surface area contributed by atoms with E-state index in [0.29, 0.717) is 17.5 Å². The standard InChI is InChI=1S/C38H25N3/c1-24-11-10-14-27(21-24)36-39-37(34-22-25-12-2-4-15-28(25)30-17-6-8-19-32(30)34)41-38(40-36)35-23-26-13-3-5-16-29(26)31-18-7-9-20-33(31)35/h2-23H,1H3. The van der Waals surface area contributed by atoms with Gasteiger partial charge in [0.05, 0.1) is 0 Å². The lowest BCUT2D eigenvalue weighted by Crippen LogP contribution is -2.01. The molecule has 0 fully saturated rings. The van der Waals surface area contributed by atoms with Crippen LogP contribution in [-0.2, 0) is 0 Å². The van der Waals surface area contributed by atoms with Crippen molar-refractivity contribution in [2.45, 2.75) is 6.92 Å². The number of hydrogen-bond donors (Lipinski definition) is 0. The van der Waals surface area contributed by atoms with Crippen LogP contribution in [0.25, 0.3) is 77.3 Å². The minimum absolute atomic E-state index is 0.670. The van der Waals surface area contributed by atoms with Crippen molar-refractivity contribution in [3.8, 4) is 34.2 Å². The molecule has 0 aliphatic heterocycles. The van der Waals surface area contributed by atoms with E-state index in [9.17, 15) is 0 Å². The molecule has 0 radical (unpaired) electrons. The molecule has 7 aromatic carbocycles. The van der Waals surface area contributed by atoms with Gasteiger partial charge in [-0.25, -0.2) is 15.0 Å². The second kappa shape index (κ2) is 9.35. The smallest absolute Gasteiger partial charge is 0.164 e. The van der Waals surface area contributed by atoms with E-state index in [1.807, 2.05) is 0 Å². The topological polar surface area (TPSA) is 38.7 Å². The molecule has 0 spiro atoms. The molecule has 0 aliphatic rings. The third-order valence-corrected chi connectivity index (χ3v) is 7.93. The van der Waals surface area contributed by atoms with Crippen LogP contribution < -0.4 is 0 Å². The Hall–Kier alpha value is -5.41. The lowest BCUT2D eigenvalue weighted by Gasteiger charge is -2.14. The summed E-state index contributed by atoms with van der Waals surface area (Å²) in [5.41, 5.74) is 4.15. The van der Waals surface area contributed by atoms with Crippen LogP contribution in [0, 0.1) is 6.92 Å². The molecule has 0 N–H and O–H groups in total. The Morgan fingerprint density at radius 2 is 0.805 bits per heavy atom. The van der Waals surface area contributed by atoms with E-state index >= 15 is 0 Å². The molecule has 0 bridgehead atoms. The Morgan fingerprint density at radius 1 is 0.366 bits per heavy atom. The van der Waals surface area contributed by atoms with Gasteiger partial charge in [-0.3, -0.25) is 0 Å². The molecule has 3 nitrogen and oxygen atoms in total. The van der Waals surface area contributed by atoms with E-state index < -0.39 is 0 Å². The number of aryl methyl sites for hydroxylation is 1. The number of nitrogens with zero attached hydrogens (tertiary/aromatic N) is 3. The molecular weight excluding hydrogens is 498 g/mol. The molecule has 3 heteroatoms. The fraction of sp³-hybridized carbons (Fsp3) is 0.0263. The van der Waals surface area contributed by atoms with Gasteiger partial charge in [-0.2, -0.15) is 0 Å².